The summed E-state index contributed by atoms with van der Waals surface area (Å²) < 4.78 is 37.9. The van der Waals surface area contributed by atoms with Crippen LogP contribution in [0.2, 0.25) is 0 Å². The molecule has 1 aliphatic heterocycles. The molecule has 8 nitrogen and oxygen atoms in total. The van der Waals surface area contributed by atoms with E-state index in [1.165, 1.54) is 35.1 Å². The van der Waals surface area contributed by atoms with Gasteiger partial charge in [0, 0.05) is 11.9 Å². The highest BCUT2D eigenvalue weighted by Gasteiger charge is 2.35. The summed E-state index contributed by atoms with van der Waals surface area (Å²) in [6, 6.07) is 6.98. The fourth-order valence-electron chi connectivity index (χ4n) is 2.91. The van der Waals surface area contributed by atoms with Crippen molar-refractivity contribution in [2.45, 2.75) is 12.5 Å². The molecule has 3 rings (SSSR count). The first-order valence-electron chi connectivity index (χ1n) is 7.80. The van der Waals surface area contributed by atoms with E-state index < -0.39 is 33.5 Å². The smallest absolute Gasteiger partial charge is 0.254 e. The van der Waals surface area contributed by atoms with Crippen LogP contribution in [0.3, 0.4) is 0 Å². The molecule has 1 aromatic carbocycles. The van der Waals surface area contributed by atoms with Crippen LogP contribution in [0.15, 0.2) is 30.5 Å². The second kappa shape index (κ2) is 6.76. The summed E-state index contributed by atoms with van der Waals surface area (Å²) in [5.74, 6) is -2.04. The highest BCUT2D eigenvalue weighted by atomic mass is 32.2. The molecule has 0 radical (unpaired) electrons. The molecule has 0 spiro atoms. The topological polar surface area (TPSA) is 131 Å². The van der Waals surface area contributed by atoms with Crippen LogP contribution in [0.5, 0.6) is 0 Å². The lowest BCUT2D eigenvalue weighted by Gasteiger charge is -2.26. The molecule has 0 saturated carbocycles. The van der Waals surface area contributed by atoms with E-state index in [1.54, 1.807) is 0 Å². The van der Waals surface area contributed by atoms with Crippen molar-refractivity contribution in [3.8, 4) is 6.07 Å². The molecule has 3 N–H and O–H groups in total. The number of aromatic nitrogens is 2. The van der Waals surface area contributed by atoms with Gasteiger partial charge in [-0.3, -0.25) is 9.48 Å². The number of rotatable bonds is 4. The van der Waals surface area contributed by atoms with Crippen LogP contribution < -0.4 is 11.1 Å². The molecule has 1 saturated heterocycles. The Morgan fingerprint density at radius 2 is 2.08 bits per heavy atom. The molecule has 26 heavy (non-hydrogen) atoms. The Morgan fingerprint density at radius 3 is 2.69 bits per heavy atom. The van der Waals surface area contributed by atoms with E-state index in [2.05, 4.69) is 10.4 Å². The molecular weight excluding hydrogens is 361 g/mol. The van der Waals surface area contributed by atoms with Crippen molar-refractivity contribution < 1.29 is 17.6 Å². The van der Waals surface area contributed by atoms with Gasteiger partial charge in [0.1, 0.15) is 11.4 Å². The van der Waals surface area contributed by atoms with Gasteiger partial charge >= 0.3 is 0 Å². The number of nitriles is 1. The quantitative estimate of drug-likeness (QED) is 0.827. The van der Waals surface area contributed by atoms with Gasteiger partial charge in [-0.05, 0) is 30.7 Å². The van der Waals surface area contributed by atoms with Crippen molar-refractivity contribution in [1.82, 2.24) is 9.78 Å². The molecule has 1 amide bonds. The van der Waals surface area contributed by atoms with E-state index in [0.717, 1.165) is 0 Å². The molecule has 0 bridgehead atoms. The first-order valence-corrected chi connectivity index (χ1v) is 9.63. The molecule has 2 atom stereocenters. The second-order valence-corrected chi connectivity index (χ2v) is 8.30. The van der Waals surface area contributed by atoms with Crippen molar-refractivity contribution in [3.63, 3.8) is 0 Å². The Bertz CT molecular complexity index is 978. The van der Waals surface area contributed by atoms with Gasteiger partial charge in [0.15, 0.2) is 15.7 Å². The Labute approximate surface area is 149 Å². The zero-order valence-electron chi connectivity index (χ0n) is 13.6. The van der Waals surface area contributed by atoms with Crippen LogP contribution in [0, 0.1) is 23.1 Å². The molecule has 2 aromatic rings. The molecule has 136 valence electrons. The number of carbonyl (C=O) groups excluding carboxylic acids is 1. The van der Waals surface area contributed by atoms with Gasteiger partial charge in [-0.2, -0.15) is 10.4 Å². The fourth-order valence-corrected chi connectivity index (χ4v) is 4.52. The number of halogens is 1. The largest absolute Gasteiger partial charge is 0.365 e. The normalized spacial score (nSPS) is 21.7. The van der Waals surface area contributed by atoms with Gasteiger partial charge < -0.3 is 11.1 Å². The predicted molar refractivity (Wildman–Crippen MR) is 91.8 cm³/mol. The maximum atomic E-state index is 13.0. The van der Waals surface area contributed by atoms with Crippen molar-refractivity contribution in [1.29, 1.82) is 5.26 Å². The molecular formula is C16H16FN5O3S. The van der Waals surface area contributed by atoms with Gasteiger partial charge in [-0.25, -0.2) is 12.8 Å². The number of carbonyl (C=O) groups is 1. The van der Waals surface area contributed by atoms with E-state index in [9.17, 15) is 22.9 Å². The predicted octanol–water partition coefficient (Wildman–Crippen LogP) is 1.36. The average Bonchev–Trinajstić information content (AvgIpc) is 3.00. The zero-order chi connectivity index (χ0) is 18.9. The summed E-state index contributed by atoms with van der Waals surface area (Å²) in [5, 5.41) is 16.5. The third-order valence-corrected chi connectivity index (χ3v) is 5.96. The van der Waals surface area contributed by atoms with Crippen molar-refractivity contribution in [3.05, 3.63) is 41.8 Å². The van der Waals surface area contributed by atoms with Crippen LogP contribution in [0.1, 0.15) is 22.8 Å². The van der Waals surface area contributed by atoms with Crippen LogP contribution in [-0.2, 0) is 9.84 Å². The lowest BCUT2D eigenvalue weighted by atomic mass is 10.0. The number of hydrogen-bond acceptors (Lipinski definition) is 6. The lowest BCUT2D eigenvalue weighted by molar-refractivity contribution is 0.100. The van der Waals surface area contributed by atoms with E-state index in [1.807, 2.05) is 6.07 Å². The minimum atomic E-state index is -3.26. The van der Waals surface area contributed by atoms with Crippen LogP contribution >= 0.6 is 0 Å². The molecule has 1 fully saturated rings. The standard InChI is InChI=1S/C16H16FN5O3S/c17-11-1-3-12(4-2-11)20-16-13(15(19)23)8-22(21-16)14-5-6-26(24,25)9-10(14)7-18/h1-4,8,10,14H,5-6,9H2,(H2,19,23)(H,20,21)/t10-,14-/m1/s1. The summed E-state index contributed by atoms with van der Waals surface area (Å²) in [6.45, 7) is 0. The summed E-state index contributed by atoms with van der Waals surface area (Å²) in [7, 11) is -3.26. The minimum Gasteiger partial charge on any atom is -0.365 e. The van der Waals surface area contributed by atoms with Crippen LogP contribution in [0.25, 0.3) is 0 Å². The molecule has 0 unspecified atom stereocenters. The van der Waals surface area contributed by atoms with Gasteiger partial charge in [0.05, 0.1) is 29.5 Å². The highest BCUT2D eigenvalue weighted by molar-refractivity contribution is 7.91. The SMILES string of the molecule is N#C[C@@H]1CS(=O)(=O)CC[C@H]1n1cc(C(N)=O)c(Nc2ccc(F)cc2)n1. The first-order chi connectivity index (χ1) is 12.3. The van der Waals surface area contributed by atoms with Gasteiger partial charge in [-0.1, -0.05) is 0 Å². The molecule has 1 aromatic heterocycles. The number of sulfone groups is 1. The fraction of sp³-hybridized carbons (Fsp3) is 0.312. The Hall–Kier alpha value is -2.93. The van der Waals surface area contributed by atoms with E-state index >= 15 is 0 Å². The monoisotopic (exact) mass is 377 g/mol. The third kappa shape index (κ3) is 3.67. The number of hydrogen-bond donors (Lipinski definition) is 2. The number of benzene rings is 1. The number of nitrogens with one attached hydrogen (secondary N) is 1. The number of anilines is 2. The highest BCUT2D eigenvalue weighted by Crippen LogP contribution is 2.31. The molecule has 10 heteroatoms. The van der Waals surface area contributed by atoms with Gasteiger partial charge in [0.25, 0.3) is 5.91 Å². The Morgan fingerprint density at radius 1 is 1.38 bits per heavy atom. The minimum absolute atomic E-state index is 0.0532. The van der Waals surface area contributed by atoms with E-state index in [4.69, 9.17) is 5.73 Å². The van der Waals surface area contributed by atoms with E-state index in [0.29, 0.717) is 5.69 Å². The number of primary amides is 1. The Kier molecular flexibility index (Phi) is 4.65. The number of nitrogens with zero attached hydrogens (tertiary/aromatic N) is 3. The Balaban J connectivity index is 1.93. The maximum absolute atomic E-state index is 13.0. The van der Waals surface area contributed by atoms with Gasteiger partial charge in [0.2, 0.25) is 0 Å². The summed E-state index contributed by atoms with van der Waals surface area (Å²) in [4.78, 5) is 11.7. The molecule has 1 aliphatic rings. The van der Waals surface area contributed by atoms with Crippen LogP contribution in [0.4, 0.5) is 15.9 Å². The summed E-state index contributed by atoms with van der Waals surface area (Å²) in [6.07, 6.45) is 1.62. The van der Waals surface area contributed by atoms with Crippen molar-refractivity contribution in [2.75, 3.05) is 16.8 Å². The van der Waals surface area contributed by atoms with Gasteiger partial charge in [-0.15, -0.1) is 0 Å². The average molecular weight is 377 g/mol. The number of amides is 1. The van der Waals surface area contributed by atoms with E-state index in [-0.39, 0.29) is 29.3 Å². The summed E-state index contributed by atoms with van der Waals surface area (Å²) in [5.41, 5.74) is 5.99. The molecule has 2 heterocycles. The van der Waals surface area contributed by atoms with Crippen molar-refractivity contribution in [2.24, 2.45) is 11.7 Å². The zero-order valence-corrected chi connectivity index (χ0v) is 14.4. The second-order valence-electron chi connectivity index (χ2n) is 6.07. The maximum Gasteiger partial charge on any atom is 0.254 e. The lowest BCUT2D eigenvalue weighted by Crippen LogP contribution is -2.34. The summed E-state index contributed by atoms with van der Waals surface area (Å²) >= 11 is 0. The third-order valence-electron chi connectivity index (χ3n) is 4.23. The molecule has 0 aliphatic carbocycles. The van der Waals surface area contributed by atoms with Crippen molar-refractivity contribution >= 4 is 27.2 Å². The number of nitrogens with two attached hydrogens (primary N) is 1. The van der Waals surface area contributed by atoms with Crippen LogP contribution in [-0.4, -0.2) is 35.6 Å². The first kappa shape index (κ1) is 17.9.